The van der Waals surface area contributed by atoms with Crippen LogP contribution in [0.4, 0.5) is 18.9 Å². The van der Waals surface area contributed by atoms with E-state index in [0.717, 1.165) is 30.8 Å². The number of amidine groups is 1. The topological polar surface area (TPSA) is 112 Å². The number of benzene rings is 2. The van der Waals surface area contributed by atoms with Gasteiger partial charge in [-0.15, -0.1) is 0 Å². The molecule has 0 unspecified atom stereocenters. The molecule has 3 aliphatic rings. The summed E-state index contributed by atoms with van der Waals surface area (Å²) in [5.41, 5.74) is 15.2. The van der Waals surface area contributed by atoms with Gasteiger partial charge in [-0.25, -0.2) is 12.8 Å². The Morgan fingerprint density at radius 2 is 1.88 bits per heavy atom. The third-order valence-electron chi connectivity index (χ3n) is 7.25. The summed E-state index contributed by atoms with van der Waals surface area (Å²) < 4.78 is 71.9. The molecule has 0 aromatic heterocycles. The van der Waals surface area contributed by atoms with Gasteiger partial charge in [-0.3, -0.25) is 20.1 Å². The minimum absolute atomic E-state index is 0.00287. The largest absolute Gasteiger partial charge is 0.484 e. The molecule has 41 heavy (non-hydrogen) atoms. The van der Waals surface area contributed by atoms with E-state index >= 15 is 0 Å². The highest BCUT2D eigenvalue weighted by atomic mass is 32.2. The third-order valence-corrected chi connectivity index (χ3v) is 8.22. The molecule has 1 atom stereocenters. The van der Waals surface area contributed by atoms with Gasteiger partial charge in [0.05, 0.1) is 29.2 Å². The number of anilines is 1. The molecule has 0 saturated heterocycles. The number of dihydropyridines is 1. The number of aliphatic imine (C=N–C) groups is 1. The molecule has 3 aliphatic heterocycles. The Balaban J connectivity index is 1.58. The molecule has 2 aromatic carbocycles. The van der Waals surface area contributed by atoms with E-state index in [2.05, 4.69) is 28.4 Å². The molecule has 2 aromatic rings. The van der Waals surface area contributed by atoms with Crippen LogP contribution in [0.5, 0.6) is 5.75 Å². The molecule has 4 N–H and O–H groups in total. The first-order chi connectivity index (χ1) is 19.4. The normalized spacial score (nSPS) is 18.7. The summed E-state index contributed by atoms with van der Waals surface area (Å²) in [6, 6.07) is 10.1. The number of ether oxygens (including phenoxy) is 1. The molecule has 0 radical (unpaired) electrons. The van der Waals surface area contributed by atoms with Gasteiger partial charge in [0, 0.05) is 31.3 Å². The zero-order chi connectivity index (χ0) is 29.5. The van der Waals surface area contributed by atoms with Gasteiger partial charge in [0.15, 0.2) is 0 Å². The van der Waals surface area contributed by atoms with E-state index in [1.807, 2.05) is 16.8 Å². The van der Waals surface area contributed by atoms with E-state index in [9.17, 15) is 21.6 Å². The standard InChI is InChI=1S/C28H31F3N6O3S/c1-16(17-4-7-20(29)8-5-17)40-23-14-19(6-9-22(23)35-41(38,39)28(30)31)25-24-26(37(3)34-25)21(15-33-27(24)32)18-10-12-36(2)13-11-18/h4-10,14,16,28,34-35H,11-13,15H2,1-3H3,(H2,32,33)/t16-/m0/s1. The number of hydrazine groups is 1. The first kappa shape index (κ1) is 28.6. The van der Waals surface area contributed by atoms with E-state index in [1.54, 1.807) is 19.1 Å². The summed E-state index contributed by atoms with van der Waals surface area (Å²) in [7, 11) is -1.04. The molecule has 218 valence electrons. The highest BCUT2D eigenvalue weighted by molar-refractivity contribution is 7.93. The Hall–Kier alpha value is -3.97. The van der Waals surface area contributed by atoms with Gasteiger partial charge >= 0.3 is 5.76 Å². The van der Waals surface area contributed by atoms with Crippen LogP contribution in [-0.2, 0) is 10.0 Å². The van der Waals surface area contributed by atoms with Crippen LogP contribution < -0.4 is 20.6 Å². The number of likely N-dealkylation sites (N-methyl/N-ethyl adjacent to an activating group) is 2. The molecular weight excluding hydrogens is 557 g/mol. The Morgan fingerprint density at radius 1 is 1.15 bits per heavy atom. The first-order valence-corrected chi connectivity index (χ1v) is 14.5. The average molecular weight is 589 g/mol. The van der Waals surface area contributed by atoms with Crippen LogP contribution >= 0.6 is 0 Å². The van der Waals surface area contributed by atoms with Crippen LogP contribution in [0.25, 0.3) is 5.70 Å². The number of fused-ring (bicyclic) bond motifs is 1. The lowest BCUT2D eigenvalue weighted by atomic mass is 9.91. The van der Waals surface area contributed by atoms with Crippen molar-refractivity contribution in [1.29, 1.82) is 0 Å². The SMILES string of the molecule is C[C@H](Oc1cc(C2=C3C(N)=NCC(C4=CCN(C)CC4)=C3N(C)N2)ccc1NS(=O)(=O)C(F)F)c1ccc(F)cc1. The van der Waals surface area contributed by atoms with E-state index in [-0.39, 0.29) is 11.4 Å². The molecular formula is C28H31F3N6O3S. The molecule has 3 heterocycles. The summed E-state index contributed by atoms with van der Waals surface area (Å²) in [4.78, 5) is 6.81. The fourth-order valence-corrected chi connectivity index (χ4v) is 5.61. The molecule has 0 amide bonds. The van der Waals surface area contributed by atoms with Crippen molar-refractivity contribution in [2.45, 2.75) is 25.2 Å². The lowest BCUT2D eigenvalue weighted by Crippen LogP contribution is -2.31. The second-order valence-corrected chi connectivity index (χ2v) is 11.8. The number of nitrogens with two attached hydrogens (primary N) is 1. The minimum Gasteiger partial charge on any atom is -0.484 e. The lowest BCUT2D eigenvalue weighted by Gasteiger charge is -2.28. The van der Waals surface area contributed by atoms with Crippen LogP contribution in [0.1, 0.15) is 30.6 Å². The van der Waals surface area contributed by atoms with E-state index in [0.29, 0.717) is 34.8 Å². The third kappa shape index (κ3) is 5.77. The van der Waals surface area contributed by atoms with E-state index in [4.69, 9.17) is 10.5 Å². The summed E-state index contributed by atoms with van der Waals surface area (Å²) in [6.07, 6.45) is 2.40. The molecule has 13 heteroatoms. The minimum atomic E-state index is -4.98. The monoisotopic (exact) mass is 588 g/mol. The maximum Gasteiger partial charge on any atom is 0.355 e. The molecule has 0 aliphatic carbocycles. The number of sulfonamides is 1. The molecule has 0 spiro atoms. The van der Waals surface area contributed by atoms with Gasteiger partial charge in [-0.1, -0.05) is 24.3 Å². The van der Waals surface area contributed by atoms with Crippen LogP contribution in [-0.4, -0.2) is 63.6 Å². The molecule has 0 fully saturated rings. The van der Waals surface area contributed by atoms with Gasteiger partial charge in [0.25, 0.3) is 10.0 Å². The van der Waals surface area contributed by atoms with Crippen molar-refractivity contribution >= 4 is 27.2 Å². The van der Waals surface area contributed by atoms with Crippen molar-refractivity contribution in [3.05, 3.63) is 87.9 Å². The summed E-state index contributed by atoms with van der Waals surface area (Å²) in [5, 5.41) is 1.87. The second-order valence-electron chi connectivity index (χ2n) is 10.1. The Bertz CT molecular complexity index is 1590. The Labute approximate surface area is 236 Å². The molecule has 9 nitrogen and oxygen atoms in total. The number of hydrogen-bond donors (Lipinski definition) is 3. The van der Waals surface area contributed by atoms with Gasteiger partial charge in [-0.05, 0) is 55.8 Å². The predicted octanol–water partition coefficient (Wildman–Crippen LogP) is 3.98. The number of halogens is 3. The van der Waals surface area contributed by atoms with Crippen molar-refractivity contribution in [3.63, 3.8) is 0 Å². The summed E-state index contributed by atoms with van der Waals surface area (Å²) in [5.74, 6) is -3.72. The number of nitrogens with one attached hydrogen (secondary N) is 2. The van der Waals surface area contributed by atoms with Crippen LogP contribution in [0, 0.1) is 5.82 Å². The van der Waals surface area contributed by atoms with Crippen LogP contribution in [0.2, 0.25) is 0 Å². The highest BCUT2D eigenvalue weighted by Gasteiger charge is 2.34. The van der Waals surface area contributed by atoms with Crippen molar-refractivity contribution in [1.82, 2.24) is 15.3 Å². The maximum atomic E-state index is 13.5. The van der Waals surface area contributed by atoms with Crippen LogP contribution in [0.3, 0.4) is 0 Å². The van der Waals surface area contributed by atoms with Gasteiger partial charge in [-0.2, -0.15) is 8.78 Å². The van der Waals surface area contributed by atoms with Gasteiger partial charge < -0.3 is 15.4 Å². The summed E-state index contributed by atoms with van der Waals surface area (Å²) in [6.45, 7) is 3.88. The van der Waals surface area contributed by atoms with Crippen molar-refractivity contribution in [2.24, 2.45) is 10.7 Å². The van der Waals surface area contributed by atoms with E-state index < -0.39 is 27.7 Å². The van der Waals surface area contributed by atoms with Gasteiger partial charge in [0.1, 0.15) is 23.5 Å². The second kappa shape index (κ2) is 11.1. The number of alkyl halides is 2. The fraction of sp³-hybridized carbons (Fsp3) is 0.321. The van der Waals surface area contributed by atoms with Crippen LogP contribution in [0.15, 0.2) is 75.9 Å². The van der Waals surface area contributed by atoms with Gasteiger partial charge in [0.2, 0.25) is 0 Å². The van der Waals surface area contributed by atoms with Crippen molar-refractivity contribution < 1.29 is 26.3 Å². The molecule has 0 saturated carbocycles. The first-order valence-electron chi connectivity index (χ1n) is 13.0. The predicted molar refractivity (Wildman–Crippen MR) is 152 cm³/mol. The lowest BCUT2D eigenvalue weighted by molar-refractivity contribution is 0.227. The summed E-state index contributed by atoms with van der Waals surface area (Å²) >= 11 is 0. The molecule has 0 bridgehead atoms. The highest BCUT2D eigenvalue weighted by Crippen LogP contribution is 2.40. The Morgan fingerprint density at radius 3 is 2.54 bits per heavy atom. The average Bonchev–Trinajstić information content (AvgIpc) is 3.28. The number of nitrogens with zero attached hydrogens (tertiary/aromatic N) is 3. The smallest absolute Gasteiger partial charge is 0.355 e. The molecule has 5 rings (SSSR count). The fourth-order valence-electron chi connectivity index (χ4n) is 5.04. The van der Waals surface area contributed by atoms with Crippen molar-refractivity contribution in [3.8, 4) is 5.75 Å². The zero-order valence-corrected chi connectivity index (χ0v) is 23.6. The van der Waals surface area contributed by atoms with E-state index in [1.165, 1.54) is 35.9 Å². The van der Waals surface area contributed by atoms with Crippen molar-refractivity contribution in [2.75, 3.05) is 38.5 Å². The maximum absolute atomic E-state index is 13.5. The zero-order valence-electron chi connectivity index (χ0n) is 22.8. The number of hydrogen-bond acceptors (Lipinski definition) is 8. The quantitative estimate of drug-likeness (QED) is 0.428. The Kier molecular flexibility index (Phi) is 7.75. The number of rotatable bonds is 8.